The van der Waals surface area contributed by atoms with E-state index in [1.54, 1.807) is 12.1 Å². The second-order valence-corrected chi connectivity index (χ2v) is 5.87. The Labute approximate surface area is 158 Å². The zero-order valence-electron chi connectivity index (χ0n) is 15.0. The van der Waals surface area contributed by atoms with Crippen LogP contribution in [0.5, 0.6) is 0 Å². The van der Waals surface area contributed by atoms with Gasteiger partial charge in [-0.1, -0.05) is 12.1 Å². The molecule has 28 heavy (non-hydrogen) atoms. The summed E-state index contributed by atoms with van der Waals surface area (Å²) < 4.78 is 44.7. The van der Waals surface area contributed by atoms with Gasteiger partial charge in [0.2, 0.25) is 5.91 Å². The number of amides is 2. The van der Waals surface area contributed by atoms with E-state index in [4.69, 9.17) is 4.74 Å². The SMILES string of the molecule is CC(=O)NCc1ccc(C(=O)OC(C)C(=O)Nc2ccc(F)c(F)c2F)cc1. The summed E-state index contributed by atoms with van der Waals surface area (Å²) in [6.07, 6.45) is -1.32. The van der Waals surface area contributed by atoms with E-state index in [1.165, 1.54) is 26.0 Å². The van der Waals surface area contributed by atoms with E-state index >= 15 is 0 Å². The molecule has 0 spiro atoms. The van der Waals surface area contributed by atoms with Gasteiger partial charge < -0.3 is 15.4 Å². The summed E-state index contributed by atoms with van der Waals surface area (Å²) in [6, 6.07) is 7.64. The Morgan fingerprint density at radius 2 is 1.64 bits per heavy atom. The highest BCUT2D eigenvalue weighted by Gasteiger charge is 2.22. The van der Waals surface area contributed by atoms with Crippen molar-refractivity contribution in [3.05, 3.63) is 65.0 Å². The predicted octanol–water partition coefficient (Wildman–Crippen LogP) is 2.92. The van der Waals surface area contributed by atoms with Crippen molar-refractivity contribution in [3.8, 4) is 0 Å². The lowest BCUT2D eigenvalue weighted by Crippen LogP contribution is -2.30. The van der Waals surface area contributed by atoms with Crippen LogP contribution in [-0.4, -0.2) is 23.9 Å². The molecular formula is C19H17F3N2O4. The number of benzene rings is 2. The van der Waals surface area contributed by atoms with Crippen molar-refractivity contribution in [2.45, 2.75) is 26.5 Å². The molecule has 6 nitrogen and oxygen atoms in total. The van der Waals surface area contributed by atoms with Crippen molar-refractivity contribution in [3.63, 3.8) is 0 Å². The van der Waals surface area contributed by atoms with Crippen molar-refractivity contribution in [1.29, 1.82) is 0 Å². The second-order valence-electron chi connectivity index (χ2n) is 5.87. The van der Waals surface area contributed by atoms with Gasteiger partial charge in [0.05, 0.1) is 11.3 Å². The molecule has 0 aliphatic rings. The topological polar surface area (TPSA) is 84.5 Å². The Kier molecular flexibility index (Phi) is 6.75. The highest BCUT2D eigenvalue weighted by atomic mass is 19.2. The largest absolute Gasteiger partial charge is 0.449 e. The van der Waals surface area contributed by atoms with Crippen LogP contribution in [-0.2, 0) is 20.9 Å². The molecule has 0 aliphatic carbocycles. The Morgan fingerprint density at radius 1 is 1.00 bits per heavy atom. The van der Waals surface area contributed by atoms with E-state index in [0.29, 0.717) is 12.6 Å². The van der Waals surface area contributed by atoms with Gasteiger partial charge in [-0.2, -0.15) is 0 Å². The van der Waals surface area contributed by atoms with Gasteiger partial charge in [-0.05, 0) is 36.8 Å². The van der Waals surface area contributed by atoms with E-state index in [9.17, 15) is 27.6 Å². The van der Waals surface area contributed by atoms with Gasteiger partial charge in [-0.15, -0.1) is 0 Å². The lowest BCUT2D eigenvalue weighted by atomic mass is 10.1. The van der Waals surface area contributed by atoms with Crippen molar-refractivity contribution in [2.75, 3.05) is 5.32 Å². The van der Waals surface area contributed by atoms with Gasteiger partial charge in [0.15, 0.2) is 23.6 Å². The zero-order chi connectivity index (χ0) is 20.8. The maximum atomic E-state index is 13.6. The second kappa shape index (κ2) is 9.03. The van der Waals surface area contributed by atoms with Crippen LogP contribution < -0.4 is 10.6 Å². The number of ether oxygens (including phenoxy) is 1. The standard InChI is InChI=1S/C19H17F3N2O4/c1-10(18(26)24-15-8-7-14(20)16(21)17(15)22)28-19(27)13-5-3-12(4-6-13)9-23-11(2)25/h3-8,10H,9H2,1-2H3,(H,23,25)(H,24,26). The first kappa shape index (κ1) is 20.9. The van der Waals surface area contributed by atoms with Crippen LogP contribution in [0.2, 0.25) is 0 Å². The minimum atomic E-state index is -1.72. The van der Waals surface area contributed by atoms with Gasteiger partial charge in [0, 0.05) is 13.5 Å². The number of hydrogen-bond donors (Lipinski definition) is 2. The van der Waals surface area contributed by atoms with Gasteiger partial charge >= 0.3 is 5.97 Å². The van der Waals surface area contributed by atoms with Crippen LogP contribution >= 0.6 is 0 Å². The van der Waals surface area contributed by atoms with Crippen molar-refractivity contribution < 1.29 is 32.3 Å². The molecule has 0 bridgehead atoms. The highest BCUT2D eigenvalue weighted by molar-refractivity contribution is 5.97. The number of nitrogens with one attached hydrogen (secondary N) is 2. The number of rotatable bonds is 6. The molecule has 148 valence electrons. The average molecular weight is 394 g/mol. The minimum absolute atomic E-state index is 0.158. The summed E-state index contributed by atoms with van der Waals surface area (Å²) in [4.78, 5) is 35.0. The highest BCUT2D eigenvalue weighted by Crippen LogP contribution is 2.20. The molecule has 9 heteroatoms. The van der Waals surface area contributed by atoms with Crippen LogP contribution in [0.4, 0.5) is 18.9 Å². The predicted molar refractivity (Wildman–Crippen MR) is 93.8 cm³/mol. The molecule has 2 aromatic carbocycles. The van der Waals surface area contributed by atoms with Crippen molar-refractivity contribution in [2.24, 2.45) is 0 Å². The normalized spacial score (nSPS) is 11.5. The fraction of sp³-hybridized carbons (Fsp3) is 0.211. The number of hydrogen-bond acceptors (Lipinski definition) is 4. The molecule has 0 aliphatic heterocycles. The van der Waals surface area contributed by atoms with E-state index in [0.717, 1.165) is 11.6 Å². The summed E-state index contributed by atoms with van der Waals surface area (Å²) in [6.45, 7) is 2.92. The van der Waals surface area contributed by atoms with Gasteiger partial charge in [-0.25, -0.2) is 18.0 Å². The number of carbonyl (C=O) groups is 3. The quantitative estimate of drug-likeness (QED) is 0.583. The third-order valence-electron chi connectivity index (χ3n) is 3.68. The maximum Gasteiger partial charge on any atom is 0.338 e. The number of esters is 1. The van der Waals surface area contributed by atoms with Gasteiger partial charge in [0.25, 0.3) is 5.91 Å². The molecule has 0 radical (unpaired) electrons. The lowest BCUT2D eigenvalue weighted by Gasteiger charge is -2.14. The molecule has 1 unspecified atom stereocenters. The fourth-order valence-corrected chi connectivity index (χ4v) is 2.12. The van der Waals surface area contributed by atoms with Gasteiger partial charge in [0.1, 0.15) is 0 Å². The Morgan fingerprint density at radius 3 is 2.25 bits per heavy atom. The van der Waals surface area contributed by atoms with Crippen LogP contribution in [0.3, 0.4) is 0 Å². The number of halogens is 3. The molecule has 2 aromatic rings. The van der Waals surface area contributed by atoms with E-state index in [-0.39, 0.29) is 11.5 Å². The molecule has 2 amide bonds. The molecule has 0 saturated heterocycles. The molecule has 0 aromatic heterocycles. The Bertz CT molecular complexity index is 901. The third kappa shape index (κ3) is 5.32. The molecule has 0 saturated carbocycles. The number of anilines is 1. The summed E-state index contributed by atoms with van der Waals surface area (Å²) in [5.41, 5.74) is 0.339. The monoisotopic (exact) mass is 394 g/mol. The first-order valence-electron chi connectivity index (χ1n) is 8.17. The van der Waals surface area contributed by atoms with Crippen molar-refractivity contribution in [1.82, 2.24) is 5.32 Å². The molecule has 0 fully saturated rings. The number of carbonyl (C=O) groups excluding carboxylic acids is 3. The van der Waals surface area contributed by atoms with Gasteiger partial charge in [-0.3, -0.25) is 9.59 Å². The van der Waals surface area contributed by atoms with E-state index < -0.39 is 41.1 Å². The third-order valence-corrected chi connectivity index (χ3v) is 3.68. The first-order valence-corrected chi connectivity index (χ1v) is 8.17. The zero-order valence-corrected chi connectivity index (χ0v) is 15.0. The Hall–Kier alpha value is -3.36. The smallest absolute Gasteiger partial charge is 0.338 e. The summed E-state index contributed by atoms with van der Waals surface area (Å²) in [5.74, 6) is -6.58. The minimum Gasteiger partial charge on any atom is -0.449 e. The Balaban J connectivity index is 1.97. The lowest BCUT2D eigenvalue weighted by molar-refractivity contribution is -0.123. The molecule has 1 atom stereocenters. The van der Waals surface area contributed by atoms with Crippen LogP contribution in [0, 0.1) is 17.5 Å². The molecule has 2 N–H and O–H groups in total. The average Bonchev–Trinajstić information content (AvgIpc) is 2.67. The summed E-state index contributed by atoms with van der Waals surface area (Å²) in [7, 11) is 0. The van der Waals surface area contributed by atoms with Crippen molar-refractivity contribution >= 4 is 23.5 Å². The molecule has 2 rings (SSSR count). The first-order chi connectivity index (χ1) is 13.2. The van der Waals surface area contributed by atoms with E-state index in [2.05, 4.69) is 5.32 Å². The van der Waals surface area contributed by atoms with Crippen LogP contribution in [0.25, 0.3) is 0 Å². The summed E-state index contributed by atoms with van der Waals surface area (Å²) >= 11 is 0. The van der Waals surface area contributed by atoms with Crippen LogP contribution in [0.15, 0.2) is 36.4 Å². The fourth-order valence-electron chi connectivity index (χ4n) is 2.12. The summed E-state index contributed by atoms with van der Waals surface area (Å²) in [5, 5.41) is 4.64. The van der Waals surface area contributed by atoms with Crippen LogP contribution in [0.1, 0.15) is 29.8 Å². The molecular weight excluding hydrogens is 377 g/mol. The van der Waals surface area contributed by atoms with E-state index in [1.807, 2.05) is 5.32 Å². The maximum absolute atomic E-state index is 13.6. The molecule has 0 heterocycles.